The van der Waals surface area contributed by atoms with Crippen LogP contribution in [0.1, 0.15) is 64.2 Å². The molecule has 3 heterocycles. The third-order valence-electron chi connectivity index (χ3n) is 4.54. The number of amides is 1. The van der Waals surface area contributed by atoms with Crippen LogP contribution in [0.4, 0.5) is 0 Å². The second-order valence-corrected chi connectivity index (χ2v) is 7.79. The van der Waals surface area contributed by atoms with Crippen molar-refractivity contribution in [3.8, 4) is 0 Å². The van der Waals surface area contributed by atoms with Gasteiger partial charge in [0.25, 0.3) is 5.91 Å². The molecule has 24 heavy (non-hydrogen) atoms. The highest BCUT2D eigenvalue weighted by atomic mass is 32.1. The molecular weight excluding hydrogens is 326 g/mol. The minimum Gasteiger partial charge on any atom is -0.422 e. The number of ether oxygens (including phenoxy) is 1. The topological polar surface area (TPSA) is 68.5 Å². The summed E-state index contributed by atoms with van der Waals surface area (Å²) in [4.78, 5) is 16.9. The number of morpholine rings is 1. The van der Waals surface area contributed by atoms with Crippen LogP contribution in [-0.4, -0.2) is 40.7 Å². The standard InChI is InChI=1S/C17H21N3O3S/c1-10(2)15-18-19-16(23-15)12-9-20(6-7-22-12)17(21)14-8-11-4-3-5-13(11)24-14/h8,10,12H,3-7,9H2,1-2H3/t12-/m1/s1. The van der Waals surface area contributed by atoms with Crippen LogP contribution < -0.4 is 0 Å². The summed E-state index contributed by atoms with van der Waals surface area (Å²) in [5.41, 5.74) is 1.35. The van der Waals surface area contributed by atoms with E-state index in [4.69, 9.17) is 9.15 Å². The number of fused-ring (bicyclic) bond motifs is 1. The van der Waals surface area contributed by atoms with Gasteiger partial charge in [-0.1, -0.05) is 13.8 Å². The number of hydrogen-bond donors (Lipinski definition) is 0. The Bertz CT molecular complexity index is 731. The van der Waals surface area contributed by atoms with Crippen LogP contribution in [0.3, 0.4) is 0 Å². The van der Waals surface area contributed by atoms with Gasteiger partial charge in [-0.2, -0.15) is 0 Å². The van der Waals surface area contributed by atoms with Crippen molar-refractivity contribution in [2.24, 2.45) is 0 Å². The minimum absolute atomic E-state index is 0.0892. The number of thiophene rings is 1. The molecule has 0 aromatic carbocycles. The Kier molecular flexibility index (Phi) is 4.14. The van der Waals surface area contributed by atoms with Gasteiger partial charge >= 0.3 is 0 Å². The molecule has 1 atom stereocenters. The predicted octanol–water partition coefficient (Wildman–Crippen LogP) is 2.96. The van der Waals surface area contributed by atoms with Crippen molar-refractivity contribution in [1.82, 2.24) is 15.1 Å². The molecule has 0 spiro atoms. The summed E-state index contributed by atoms with van der Waals surface area (Å²) in [5, 5.41) is 8.15. The molecule has 2 aromatic heterocycles. The second-order valence-electron chi connectivity index (χ2n) is 6.66. The Hall–Kier alpha value is -1.73. The molecule has 2 aromatic rings. The molecule has 6 nitrogen and oxygen atoms in total. The smallest absolute Gasteiger partial charge is 0.264 e. The van der Waals surface area contributed by atoms with E-state index in [9.17, 15) is 4.79 Å². The molecule has 0 saturated carbocycles. The van der Waals surface area contributed by atoms with Crippen molar-refractivity contribution in [2.75, 3.05) is 19.7 Å². The van der Waals surface area contributed by atoms with Gasteiger partial charge in [-0.15, -0.1) is 21.5 Å². The number of carbonyl (C=O) groups is 1. The third-order valence-corrected chi connectivity index (χ3v) is 5.76. The van der Waals surface area contributed by atoms with Crippen LogP contribution in [0, 0.1) is 0 Å². The van der Waals surface area contributed by atoms with Crippen molar-refractivity contribution >= 4 is 17.2 Å². The third kappa shape index (κ3) is 2.86. The summed E-state index contributed by atoms with van der Waals surface area (Å²) < 4.78 is 11.4. The SMILES string of the molecule is CC(C)c1nnc([C@H]2CN(C(=O)c3cc4c(s3)CCC4)CCO2)o1. The van der Waals surface area contributed by atoms with Crippen molar-refractivity contribution in [3.05, 3.63) is 33.2 Å². The van der Waals surface area contributed by atoms with E-state index in [2.05, 4.69) is 16.3 Å². The summed E-state index contributed by atoms with van der Waals surface area (Å²) in [7, 11) is 0. The van der Waals surface area contributed by atoms with E-state index in [1.807, 2.05) is 18.7 Å². The van der Waals surface area contributed by atoms with Crippen LogP contribution in [-0.2, 0) is 17.6 Å². The van der Waals surface area contributed by atoms with E-state index in [1.54, 1.807) is 11.3 Å². The molecule has 1 saturated heterocycles. The van der Waals surface area contributed by atoms with Gasteiger partial charge in [0, 0.05) is 17.3 Å². The number of nitrogens with zero attached hydrogens (tertiary/aromatic N) is 3. The molecule has 1 fully saturated rings. The van der Waals surface area contributed by atoms with E-state index in [-0.39, 0.29) is 17.9 Å². The van der Waals surface area contributed by atoms with E-state index in [0.29, 0.717) is 31.5 Å². The van der Waals surface area contributed by atoms with E-state index in [1.165, 1.54) is 16.9 Å². The van der Waals surface area contributed by atoms with Crippen molar-refractivity contribution in [3.63, 3.8) is 0 Å². The monoisotopic (exact) mass is 347 g/mol. The highest BCUT2D eigenvalue weighted by Gasteiger charge is 2.31. The minimum atomic E-state index is -0.338. The lowest BCUT2D eigenvalue weighted by atomic mass is 10.2. The molecule has 128 valence electrons. The highest BCUT2D eigenvalue weighted by Crippen LogP contribution is 2.32. The summed E-state index contributed by atoms with van der Waals surface area (Å²) in [5.74, 6) is 1.34. The van der Waals surface area contributed by atoms with Crippen LogP contribution in [0.15, 0.2) is 10.5 Å². The zero-order valence-corrected chi connectivity index (χ0v) is 14.8. The van der Waals surface area contributed by atoms with Gasteiger partial charge in [0.1, 0.15) is 0 Å². The van der Waals surface area contributed by atoms with Crippen LogP contribution in [0.2, 0.25) is 0 Å². The lowest BCUT2D eigenvalue weighted by molar-refractivity contribution is -0.0349. The maximum absolute atomic E-state index is 12.8. The quantitative estimate of drug-likeness (QED) is 0.854. The molecule has 1 amide bonds. The fourth-order valence-electron chi connectivity index (χ4n) is 3.18. The molecular formula is C17H21N3O3S. The Morgan fingerprint density at radius 1 is 1.38 bits per heavy atom. The maximum atomic E-state index is 12.8. The Labute approximate surface area is 144 Å². The van der Waals surface area contributed by atoms with Gasteiger partial charge in [0.2, 0.25) is 11.8 Å². The van der Waals surface area contributed by atoms with Gasteiger partial charge < -0.3 is 14.1 Å². The van der Waals surface area contributed by atoms with Gasteiger partial charge in [-0.25, -0.2) is 0 Å². The zero-order valence-electron chi connectivity index (χ0n) is 13.9. The fourth-order valence-corrected chi connectivity index (χ4v) is 4.40. The first-order valence-electron chi connectivity index (χ1n) is 8.47. The van der Waals surface area contributed by atoms with Crippen molar-refractivity contribution < 1.29 is 13.9 Å². The van der Waals surface area contributed by atoms with E-state index in [0.717, 1.165) is 17.7 Å². The Morgan fingerprint density at radius 3 is 3.00 bits per heavy atom. The average Bonchev–Trinajstić information content (AvgIpc) is 3.29. The van der Waals surface area contributed by atoms with E-state index < -0.39 is 0 Å². The molecule has 0 radical (unpaired) electrons. The fraction of sp³-hybridized carbons (Fsp3) is 0.588. The summed E-state index contributed by atoms with van der Waals surface area (Å²) in [6.07, 6.45) is 3.09. The number of carbonyl (C=O) groups excluding carboxylic acids is 1. The lowest BCUT2D eigenvalue weighted by Gasteiger charge is -2.31. The van der Waals surface area contributed by atoms with Crippen LogP contribution in [0.5, 0.6) is 0 Å². The Balaban J connectivity index is 1.48. The van der Waals surface area contributed by atoms with Gasteiger partial charge in [0.15, 0.2) is 6.10 Å². The number of rotatable bonds is 3. The molecule has 0 bridgehead atoms. The molecule has 1 aliphatic heterocycles. The van der Waals surface area contributed by atoms with Gasteiger partial charge in [-0.3, -0.25) is 4.79 Å². The number of aromatic nitrogens is 2. The van der Waals surface area contributed by atoms with Crippen molar-refractivity contribution in [2.45, 2.75) is 45.1 Å². The molecule has 2 aliphatic rings. The van der Waals surface area contributed by atoms with Crippen LogP contribution in [0.25, 0.3) is 0 Å². The Morgan fingerprint density at radius 2 is 2.25 bits per heavy atom. The second kappa shape index (κ2) is 6.29. The molecule has 1 aliphatic carbocycles. The molecule has 0 N–H and O–H groups in total. The van der Waals surface area contributed by atoms with Gasteiger partial charge in [-0.05, 0) is 30.9 Å². The highest BCUT2D eigenvalue weighted by molar-refractivity contribution is 7.14. The maximum Gasteiger partial charge on any atom is 0.264 e. The van der Waals surface area contributed by atoms with Crippen molar-refractivity contribution in [1.29, 1.82) is 0 Å². The summed E-state index contributed by atoms with van der Waals surface area (Å²) >= 11 is 1.65. The molecule has 4 rings (SSSR count). The normalized spacial score (nSPS) is 20.6. The largest absolute Gasteiger partial charge is 0.422 e. The number of hydrogen-bond acceptors (Lipinski definition) is 6. The first-order valence-corrected chi connectivity index (χ1v) is 9.29. The first-order chi connectivity index (χ1) is 11.6. The van der Waals surface area contributed by atoms with Crippen LogP contribution >= 0.6 is 11.3 Å². The number of aryl methyl sites for hydroxylation is 2. The molecule has 0 unspecified atom stereocenters. The van der Waals surface area contributed by atoms with Gasteiger partial charge in [0.05, 0.1) is 18.0 Å². The average molecular weight is 347 g/mol. The first kappa shape index (κ1) is 15.8. The van der Waals surface area contributed by atoms with E-state index >= 15 is 0 Å². The summed E-state index contributed by atoms with van der Waals surface area (Å²) in [6, 6.07) is 2.07. The molecule has 7 heteroatoms. The lowest BCUT2D eigenvalue weighted by Crippen LogP contribution is -2.42. The predicted molar refractivity (Wildman–Crippen MR) is 89.3 cm³/mol. The zero-order chi connectivity index (χ0) is 16.7. The summed E-state index contributed by atoms with van der Waals surface area (Å²) in [6.45, 7) is 5.56.